The molecular formula is C16H29N3O. The molecule has 0 aliphatic heterocycles. The molecule has 1 rings (SSSR count). The van der Waals surface area contributed by atoms with Gasteiger partial charge in [0.15, 0.2) is 0 Å². The number of hydrogen-bond donors (Lipinski definition) is 1. The van der Waals surface area contributed by atoms with Crippen LogP contribution in [0.5, 0.6) is 0 Å². The molecule has 1 aromatic rings. The average molecular weight is 279 g/mol. The summed E-state index contributed by atoms with van der Waals surface area (Å²) in [5, 5.41) is 3.27. The highest BCUT2D eigenvalue weighted by Crippen LogP contribution is 2.15. The molecule has 0 spiro atoms. The smallest absolute Gasteiger partial charge is 0.126 e. The van der Waals surface area contributed by atoms with Gasteiger partial charge in [-0.1, -0.05) is 13.8 Å². The number of aromatic nitrogens is 1. The molecule has 1 heterocycles. The van der Waals surface area contributed by atoms with Crippen LogP contribution in [0.25, 0.3) is 0 Å². The van der Waals surface area contributed by atoms with E-state index in [9.17, 15) is 0 Å². The third-order valence-electron chi connectivity index (χ3n) is 3.61. The lowest BCUT2D eigenvalue weighted by Gasteiger charge is -2.30. The highest BCUT2D eigenvalue weighted by Gasteiger charge is 2.15. The van der Waals surface area contributed by atoms with E-state index >= 15 is 0 Å². The number of nitrogens with zero attached hydrogens (tertiary/aromatic N) is 2. The first-order valence-electron chi connectivity index (χ1n) is 7.66. The first kappa shape index (κ1) is 16.9. The summed E-state index contributed by atoms with van der Waals surface area (Å²) in [6, 6.07) is 4.86. The summed E-state index contributed by atoms with van der Waals surface area (Å²) in [7, 11) is 1.76. The maximum Gasteiger partial charge on any atom is 0.126 e. The van der Waals surface area contributed by atoms with Crippen LogP contribution in [-0.4, -0.2) is 42.7 Å². The van der Waals surface area contributed by atoms with Crippen molar-refractivity contribution in [1.29, 1.82) is 0 Å². The standard InChI is InChI=1S/C16H29N3O/c1-5-15(6-2)19(10-11-20-4)13-14-8-9-18-16(12-14)17-7-3/h8-9,12,15H,5-7,10-11,13H2,1-4H3,(H,17,18). The van der Waals surface area contributed by atoms with Gasteiger partial charge in [-0.25, -0.2) is 4.98 Å². The number of methoxy groups -OCH3 is 1. The average Bonchev–Trinajstić information content (AvgIpc) is 2.46. The Morgan fingerprint density at radius 1 is 1.30 bits per heavy atom. The van der Waals surface area contributed by atoms with Crippen molar-refractivity contribution in [1.82, 2.24) is 9.88 Å². The van der Waals surface area contributed by atoms with Crippen molar-refractivity contribution in [2.24, 2.45) is 0 Å². The van der Waals surface area contributed by atoms with Gasteiger partial charge in [0.25, 0.3) is 0 Å². The summed E-state index contributed by atoms with van der Waals surface area (Å²) < 4.78 is 5.25. The Kier molecular flexibility index (Phi) is 8.23. The molecule has 0 atom stereocenters. The zero-order chi connectivity index (χ0) is 14.8. The molecule has 4 nitrogen and oxygen atoms in total. The van der Waals surface area contributed by atoms with E-state index in [4.69, 9.17) is 4.74 Å². The van der Waals surface area contributed by atoms with Crippen molar-refractivity contribution in [2.45, 2.75) is 46.2 Å². The fourth-order valence-corrected chi connectivity index (χ4v) is 2.49. The molecule has 20 heavy (non-hydrogen) atoms. The Morgan fingerprint density at radius 2 is 2.05 bits per heavy atom. The molecule has 114 valence electrons. The predicted octanol–water partition coefficient (Wildman–Crippen LogP) is 3.15. The van der Waals surface area contributed by atoms with Crippen molar-refractivity contribution in [3.8, 4) is 0 Å². The van der Waals surface area contributed by atoms with E-state index < -0.39 is 0 Å². The summed E-state index contributed by atoms with van der Waals surface area (Å²) in [6.07, 6.45) is 4.23. The lowest BCUT2D eigenvalue weighted by molar-refractivity contribution is 0.110. The summed E-state index contributed by atoms with van der Waals surface area (Å²) in [4.78, 5) is 6.84. The largest absolute Gasteiger partial charge is 0.383 e. The topological polar surface area (TPSA) is 37.4 Å². The summed E-state index contributed by atoms with van der Waals surface area (Å²) in [5.74, 6) is 0.959. The number of nitrogens with one attached hydrogen (secondary N) is 1. The minimum absolute atomic E-state index is 0.612. The second kappa shape index (κ2) is 9.72. The van der Waals surface area contributed by atoms with Gasteiger partial charge in [0.2, 0.25) is 0 Å². The first-order chi connectivity index (χ1) is 9.74. The van der Waals surface area contributed by atoms with Crippen molar-refractivity contribution in [2.75, 3.05) is 32.1 Å². The van der Waals surface area contributed by atoms with Crippen LogP contribution in [0, 0.1) is 0 Å². The summed E-state index contributed by atoms with van der Waals surface area (Å²) >= 11 is 0. The van der Waals surface area contributed by atoms with Crippen molar-refractivity contribution < 1.29 is 4.74 Å². The van der Waals surface area contributed by atoms with Gasteiger partial charge in [0.1, 0.15) is 5.82 Å². The lowest BCUT2D eigenvalue weighted by Crippen LogP contribution is -2.36. The van der Waals surface area contributed by atoms with Gasteiger partial charge >= 0.3 is 0 Å². The van der Waals surface area contributed by atoms with Crippen molar-refractivity contribution in [3.63, 3.8) is 0 Å². The van der Waals surface area contributed by atoms with E-state index in [1.165, 1.54) is 18.4 Å². The van der Waals surface area contributed by atoms with Crippen LogP contribution < -0.4 is 5.32 Å². The third-order valence-corrected chi connectivity index (χ3v) is 3.61. The predicted molar refractivity (Wildman–Crippen MR) is 85.1 cm³/mol. The molecule has 0 aliphatic rings. The number of pyridine rings is 1. The minimum atomic E-state index is 0.612. The van der Waals surface area contributed by atoms with Crippen LogP contribution >= 0.6 is 0 Å². The first-order valence-corrected chi connectivity index (χ1v) is 7.66. The van der Waals surface area contributed by atoms with Crippen molar-refractivity contribution in [3.05, 3.63) is 23.9 Å². The molecule has 0 radical (unpaired) electrons. The molecule has 0 saturated carbocycles. The van der Waals surface area contributed by atoms with E-state index in [0.29, 0.717) is 6.04 Å². The molecule has 0 bridgehead atoms. The SMILES string of the molecule is CCNc1cc(CN(CCOC)C(CC)CC)ccn1. The van der Waals surface area contributed by atoms with Crippen LogP contribution in [0.2, 0.25) is 0 Å². The summed E-state index contributed by atoms with van der Waals surface area (Å²) in [5.41, 5.74) is 1.30. The fourth-order valence-electron chi connectivity index (χ4n) is 2.49. The maximum absolute atomic E-state index is 5.25. The molecule has 4 heteroatoms. The van der Waals surface area contributed by atoms with Gasteiger partial charge in [-0.15, -0.1) is 0 Å². The molecule has 0 aromatic carbocycles. The fraction of sp³-hybridized carbons (Fsp3) is 0.688. The van der Waals surface area contributed by atoms with Crippen LogP contribution in [0.4, 0.5) is 5.82 Å². The van der Waals surface area contributed by atoms with E-state index in [1.54, 1.807) is 7.11 Å². The Labute approximate surface area is 123 Å². The lowest BCUT2D eigenvalue weighted by atomic mass is 10.1. The van der Waals surface area contributed by atoms with Crippen LogP contribution in [0.3, 0.4) is 0 Å². The van der Waals surface area contributed by atoms with E-state index in [2.05, 4.69) is 48.1 Å². The Hall–Kier alpha value is -1.13. The third kappa shape index (κ3) is 5.47. The van der Waals surface area contributed by atoms with Gasteiger partial charge < -0.3 is 10.1 Å². The van der Waals surface area contributed by atoms with Crippen LogP contribution in [0.1, 0.15) is 39.2 Å². The molecule has 1 aromatic heterocycles. The normalized spacial score (nSPS) is 11.3. The number of ether oxygens (including phenoxy) is 1. The van der Waals surface area contributed by atoms with Crippen LogP contribution in [-0.2, 0) is 11.3 Å². The molecular weight excluding hydrogens is 250 g/mol. The maximum atomic E-state index is 5.25. The van der Waals surface area contributed by atoms with Crippen LogP contribution in [0.15, 0.2) is 18.3 Å². The second-order valence-corrected chi connectivity index (χ2v) is 5.01. The highest BCUT2D eigenvalue weighted by molar-refractivity contribution is 5.37. The van der Waals surface area contributed by atoms with Crippen molar-refractivity contribution >= 4 is 5.82 Å². The van der Waals surface area contributed by atoms with E-state index in [-0.39, 0.29) is 0 Å². The van der Waals surface area contributed by atoms with E-state index in [1.807, 2.05) is 6.20 Å². The molecule has 0 fully saturated rings. The molecule has 1 N–H and O–H groups in total. The minimum Gasteiger partial charge on any atom is -0.383 e. The van der Waals surface area contributed by atoms with Gasteiger partial charge in [0, 0.05) is 39.0 Å². The molecule has 0 unspecified atom stereocenters. The van der Waals surface area contributed by atoms with E-state index in [0.717, 1.165) is 32.1 Å². The zero-order valence-electron chi connectivity index (χ0n) is 13.4. The number of hydrogen-bond acceptors (Lipinski definition) is 4. The van der Waals surface area contributed by atoms with Gasteiger partial charge in [-0.05, 0) is 37.5 Å². The zero-order valence-corrected chi connectivity index (χ0v) is 13.4. The number of anilines is 1. The Bertz CT molecular complexity index is 366. The van der Waals surface area contributed by atoms with Gasteiger partial charge in [-0.2, -0.15) is 0 Å². The second-order valence-electron chi connectivity index (χ2n) is 5.01. The monoisotopic (exact) mass is 279 g/mol. The molecule has 0 amide bonds. The molecule has 0 saturated heterocycles. The number of rotatable bonds is 10. The van der Waals surface area contributed by atoms with Gasteiger partial charge in [-0.3, -0.25) is 4.90 Å². The van der Waals surface area contributed by atoms with Gasteiger partial charge in [0.05, 0.1) is 6.61 Å². The quantitative estimate of drug-likeness (QED) is 0.714. The molecule has 0 aliphatic carbocycles. The Morgan fingerprint density at radius 3 is 2.65 bits per heavy atom. The highest BCUT2D eigenvalue weighted by atomic mass is 16.5. The summed E-state index contributed by atoms with van der Waals surface area (Å²) in [6.45, 7) is 10.2. The Balaban J connectivity index is 2.74.